The lowest BCUT2D eigenvalue weighted by Gasteiger charge is -2.24. The van der Waals surface area contributed by atoms with E-state index in [-0.39, 0.29) is 11.9 Å². The van der Waals surface area contributed by atoms with Gasteiger partial charge in [-0.15, -0.1) is 0 Å². The molecule has 1 aromatic rings. The van der Waals surface area contributed by atoms with E-state index < -0.39 is 0 Å². The average Bonchev–Trinajstić information content (AvgIpc) is 2.30. The quantitative estimate of drug-likeness (QED) is 0.852. The van der Waals surface area contributed by atoms with Crippen LogP contribution in [0.3, 0.4) is 0 Å². The van der Waals surface area contributed by atoms with Gasteiger partial charge < -0.3 is 9.64 Å². The van der Waals surface area contributed by atoms with Crippen molar-refractivity contribution in [2.24, 2.45) is 0 Å². The molecule has 0 saturated heterocycles. The third-order valence-electron chi connectivity index (χ3n) is 2.55. The Bertz CT molecular complexity index is 411. The summed E-state index contributed by atoms with van der Waals surface area (Å²) in [5, 5.41) is 0.453. The number of likely N-dealkylation sites (N-methyl/N-ethyl adjacent to an activating group) is 1. The molecule has 0 radical (unpaired) electrons. The van der Waals surface area contributed by atoms with Crippen molar-refractivity contribution >= 4 is 33.4 Å². The van der Waals surface area contributed by atoms with Crippen molar-refractivity contribution in [3.63, 3.8) is 0 Å². The number of methoxy groups -OCH3 is 1. The monoisotopic (exact) mass is 319 g/mol. The lowest BCUT2D eigenvalue weighted by Crippen LogP contribution is -2.37. The molecule has 1 atom stereocenters. The minimum absolute atomic E-state index is 0.00236. The molecule has 17 heavy (non-hydrogen) atoms. The number of hydrogen-bond acceptors (Lipinski definition) is 2. The van der Waals surface area contributed by atoms with Crippen LogP contribution in [0.5, 0.6) is 0 Å². The summed E-state index contributed by atoms with van der Waals surface area (Å²) in [6.45, 7) is 2.42. The SMILES string of the molecule is COCC(C)N(C)C(=O)c1cc(Br)ccc1Cl. The van der Waals surface area contributed by atoms with E-state index in [0.29, 0.717) is 17.2 Å². The normalized spacial score (nSPS) is 12.3. The third-order valence-corrected chi connectivity index (χ3v) is 3.37. The lowest BCUT2D eigenvalue weighted by atomic mass is 10.2. The first-order valence-electron chi connectivity index (χ1n) is 5.18. The Morgan fingerprint density at radius 3 is 2.82 bits per heavy atom. The first kappa shape index (κ1) is 14.5. The van der Waals surface area contributed by atoms with E-state index in [9.17, 15) is 4.79 Å². The van der Waals surface area contributed by atoms with Crippen molar-refractivity contribution in [1.82, 2.24) is 4.90 Å². The number of ether oxygens (including phenoxy) is 1. The van der Waals surface area contributed by atoms with Crippen molar-refractivity contribution < 1.29 is 9.53 Å². The second-order valence-electron chi connectivity index (χ2n) is 3.84. The molecule has 94 valence electrons. The molecule has 0 saturated carbocycles. The topological polar surface area (TPSA) is 29.5 Å². The van der Waals surface area contributed by atoms with E-state index in [2.05, 4.69) is 15.9 Å². The van der Waals surface area contributed by atoms with Gasteiger partial charge in [-0.2, -0.15) is 0 Å². The van der Waals surface area contributed by atoms with Crippen LogP contribution in [-0.2, 0) is 4.74 Å². The van der Waals surface area contributed by atoms with Crippen LogP contribution in [0.2, 0.25) is 5.02 Å². The van der Waals surface area contributed by atoms with Crippen molar-refractivity contribution in [2.45, 2.75) is 13.0 Å². The highest BCUT2D eigenvalue weighted by Gasteiger charge is 2.19. The average molecular weight is 321 g/mol. The van der Waals surface area contributed by atoms with Crippen LogP contribution in [0.15, 0.2) is 22.7 Å². The minimum Gasteiger partial charge on any atom is -0.383 e. The van der Waals surface area contributed by atoms with E-state index in [1.165, 1.54) is 0 Å². The summed E-state index contributed by atoms with van der Waals surface area (Å²) < 4.78 is 5.86. The smallest absolute Gasteiger partial charge is 0.255 e. The molecule has 0 bridgehead atoms. The van der Waals surface area contributed by atoms with E-state index in [1.807, 2.05) is 6.92 Å². The van der Waals surface area contributed by atoms with Gasteiger partial charge in [-0.25, -0.2) is 0 Å². The fourth-order valence-electron chi connectivity index (χ4n) is 1.40. The van der Waals surface area contributed by atoms with Crippen LogP contribution in [-0.4, -0.2) is 37.6 Å². The summed E-state index contributed by atoms with van der Waals surface area (Å²) in [6.07, 6.45) is 0. The molecule has 0 spiro atoms. The molecule has 0 N–H and O–H groups in total. The molecule has 0 fully saturated rings. The Labute approximate surface area is 115 Å². The number of carbonyl (C=O) groups excluding carboxylic acids is 1. The van der Waals surface area contributed by atoms with E-state index >= 15 is 0 Å². The molecule has 1 unspecified atom stereocenters. The van der Waals surface area contributed by atoms with Crippen molar-refractivity contribution in [1.29, 1.82) is 0 Å². The lowest BCUT2D eigenvalue weighted by molar-refractivity contribution is 0.0633. The summed E-state index contributed by atoms with van der Waals surface area (Å²) in [6, 6.07) is 5.23. The summed E-state index contributed by atoms with van der Waals surface area (Å²) in [7, 11) is 3.35. The zero-order valence-electron chi connectivity index (χ0n) is 10.0. The highest BCUT2D eigenvalue weighted by Crippen LogP contribution is 2.22. The van der Waals surface area contributed by atoms with Crippen LogP contribution in [0.25, 0.3) is 0 Å². The van der Waals surface area contributed by atoms with E-state index in [0.717, 1.165) is 4.47 Å². The maximum Gasteiger partial charge on any atom is 0.255 e. The zero-order chi connectivity index (χ0) is 13.0. The molecular formula is C12H15BrClNO2. The van der Waals surface area contributed by atoms with Gasteiger partial charge in [0, 0.05) is 18.6 Å². The second kappa shape index (κ2) is 6.38. The van der Waals surface area contributed by atoms with E-state index in [1.54, 1.807) is 37.3 Å². The standard InChI is InChI=1S/C12H15BrClNO2/c1-8(7-17-3)15(2)12(16)10-6-9(13)4-5-11(10)14/h4-6,8H,7H2,1-3H3. The molecule has 1 aromatic carbocycles. The van der Waals surface area contributed by atoms with Crippen LogP contribution in [0.4, 0.5) is 0 Å². The van der Waals surface area contributed by atoms with E-state index in [4.69, 9.17) is 16.3 Å². The molecule has 0 heterocycles. The fraction of sp³-hybridized carbons (Fsp3) is 0.417. The first-order valence-corrected chi connectivity index (χ1v) is 6.35. The second-order valence-corrected chi connectivity index (χ2v) is 5.17. The van der Waals surface area contributed by atoms with Crippen LogP contribution < -0.4 is 0 Å². The van der Waals surface area contributed by atoms with Crippen LogP contribution in [0, 0.1) is 0 Å². The van der Waals surface area contributed by atoms with Gasteiger partial charge in [-0.1, -0.05) is 27.5 Å². The van der Waals surface area contributed by atoms with Gasteiger partial charge >= 0.3 is 0 Å². The summed E-state index contributed by atoms with van der Waals surface area (Å²) >= 11 is 9.34. The van der Waals surface area contributed by atoms with Crippen molar-refractivity contribution in [2.75, 3.05) is 20.8 Å². The predicted octanol–water partition coefficient (Wildman–Crippen LogP) is 3.21. The van der Waals surface area contributed by atoms with Gasteiger partial charge in [-0.3, -0.25) is 4.79 Å². The first-order chi connectivity index (χ1) is 7.97. The van der Waals surface area contributed by atoms with Gasteiger partial charge in [0.1, 0.15) is 0 Å². The van der Waals surface area contributed by atoms with Crippen LogP contribution >= 0.6 is 27.5 Å². The van der Waals surface area contributed by atoms with Crippen molar-refractivity contribution in [3.8, 4) is 0 Å². The largest absolute Gasteiger partial charge is 0.383 e. The maximum atomic E-state index is 12.2. The Balaban J connectivity index is 2.92. The highest BCUT2D eigenvalue weighted by molar-refractivity contribution is 9.10. The number of benzene rings is 1. The number of carbonyl (C=O) groups is 1. The van der Waals surface area contributed by atoms with Gasteiger partial charge in [-0.05, 0) is 25.1 Å². The molecule has 0 aliphatic rings. The predicted molar refractivity (Wildman–Crippen MR) is 72.6 cm³/mol. The van der Waals surface area contributed by atoms with Gasteiger partial charge in [0.15, 0.2) is 0 Å². The molecule has 0 aliphatic carbocycles. The molecule has 5 heteroatoms. The molecule has 1 amide bonds. The minimum atomic E-state index is -0.110. The Kier molecular flexibility index (Phi) is 5.43. The Hall–Kier alpha value is -0.580. The number of hydrogen-bond donors (Lipinski definition) is 0. The molecular weight excluding hydrogens is 305 g/mol. The Morgan fingerprint density at radius 2 is 2.24 bits per heavy atom. The summed E-state index contributed by atoms with van der Waals surface area (Å²) in [5.41, 5.74) is 0.492. The number of amides is 1. The Morgan fingerprint density at radius 1 is 1.59 bits per heavy atom. The maximum absolute atomic E-state index is 12.2. The molecule has 0 aromatic heterocycles. The third kappa shape index (κ3) is 3.69. The zero-order valence-corrected chi connectivity index (χ0v) is 12.4. The number of halogens is 2. The van der Waals surface area contributed by atoms with Crippen LogP contribution in [0.1, 0.15) is 17.3 Å². The number of rotatable bonds is 4. The van der Waals surface area contributed by atoms with Crippen molar-refractivity contribution in [3.05, 3.63) is 33.3 Å². The molecule has 0 aliphatic heterocycles. The van der Waals surface area contributed by atoms with Gasteiger partial charge in [0.05, 0.1) is 23.2 Å². The number of nitrogens with zero attached hydrogens (tertiary/aromatic N) is 1. The van der Waals surface area contributed by atoms with Gasteiger partial charge in [0.25, 0.3) is 5.91 Å². The van der Waals surface area contributed by atoms with Gasteiger partial charge in [0.2, 0.25) is 0 Å². The molecule has 1 rings (SSSR count). The molecule has 3 nitrogen and oxygen atoms in total. The highest BCUT2D eigenvalue weighted by atomic mass is 79.9. The summed E-state index contributed by atoms with van der Waals surface area (Å²) in [5.74, 6) is -0.110. The fourth-order valence-corrected chi connectivity index (χ4v) is 1.96. The summed E-state index contributed by atoms with van der Waals surface area (Å²) in [4.78, 5) is 13.8.